The molecule has 114 valence electrons. The molecule has 0 bridgehead atoms. The monoisotopic (exact) mass is 353 g/mol. The van der Waals surface area contributed by atoms with Crippen molar-refractivity contribution in [1.82, 2.24) is 15.1 Å². The second-order valence-corrected chi connectivity index (χ2v) is 6.26. The minimum absolute atomic E-state index is 0.0926. The van der Waals surface area contributed by atoms with Crippen LogP contribution in [0.5, 0.6) is 0 Å². The van der Waals surface area contributed by atoms with E-state index >= 15 is 0 Å². The molecule has 0 aliphatic heterocycles. The molecule has 0 aliphatic carbocycles. The molecule has 5 heteroatoms. The molecule has 0 saturated heterocycles. The largest absolute Gasteiger partial charge is 0.305 e. The summed E-state index contributed by atoms with van der Waals surface area (Å²) in [5.74, 6) is -0.217. The van der Waals surface area contributed by atoms with Crippen molar-refractivity contribution in [2.45, 2.75) is 39.8 Å². The normalized spacial score (nSPS) is 12.9. The Bertz CT molecular complexity index is 622. The molecular weight excluding hydrogens is 333 g/mol. The van der Waals surface area contributed by atoms with E-state index < -0.39 is 0 Å². The number of nitrogens with one attached hydrogen (secondary N) is 1. The van der Waals surface area contributed by atoms with Gasteiger partial charge in [-0.15, -0.1) is 0 Å². The van der Waals surface area contributed by atoms with E-state index in [1.807, 2.05) is 24.6 Å². The van der Waals surface area contributed by atoms with Crippen molar-refractivity contribution in [3.05, 3.63) is 51.5 Å². The topological polar surface area (TPSA) is 29.9 Å². The molecule has 1 unspecified atom stereocenters. The van der Waals surface area contributed by atoms with Crippen LogP contribution in [0.2, 0.25) is 0 Å². The van der Waals surface area contributed by atoms with E-state index in [4.69, 9.17) is 0 Å². The molecule has 0 fully saturated rings. The Morgan fingerprint density at radius 2 is 2.10 bits per heavy atom. The number of aromatic nitrogens is 2. The van der Waals surface area contributed by atoms with Crippen molar-refractivity contribution < 1.29 is 4.39 Å². The molecule has 2 rings (SSSR count). The summed E-state index contributed by atoms with van der Waals surface area (Å²) in [6, 6.07) is 5.06. The molecule has 1 aromatic carbocycles. The van der Waals surface area contributed by atoms with Crippen LogP contribution in [0.3, 0.4) is 0 Å². The number of aryl methyl sites for hydroxylation is 1. The number of hydrogen-bond acceptors (Lipinski definition) is 2. The van der Waals surface area contributed by atoms with Crippen LogP contribution in [0.1, 0.15) is 49.7 Å². The lowest BCUT2D eigenvalue weighted by Crippen LogP contribution is -2.26. The van der Waals surface area contributed by atoms with E-state index in [0.29, 0.717) is 0 Å². The van der Waals surface area contributed by atoms with Crippen LogP contribution in [-0.4, -0.2) is 16.3 Å². The van der Waals surface area contributed by atoms with E-state index in [2.05, 4.69) is 40.2 Å². The molecule has 1 heterocycles. The van der Waals surface area contributed by atoms with Crippen molar-refractivity contribution in [3.63, 3.8) is 0 Å². The molecule has 0 spiro atoms. The third kappa shape index (κ3) is 3.35. The summed E-state index contributed by atoms with van der Waals surface area (Å²) >= 11 is 3.58. The van der Waals surface area contributed by atoms with Gasteiger partial charge in [-0.25, -0.2) is 4.39 Å². The van der Waals surface area contributed by atoms with Gasteiger partial charge in [-0.3, -0.25) is 4.68 Å². The van der Waals surface area contributed by atoms with Crippen LogP contribution in [0.25, 0.3) is 0 Å². The Morgan fingerprint density at radius 3 is 2.71 bits per heavy atom. The second-order valence-electron chi connectivity index (χ2n) is 5.41. The Kier molecular flexibility index (Phi) is 5.17. The lowest BCUT2D eigenvalue weighted by Gasteiger charge is -2.23. The SMILES string of the molecule is CCNC(c1cc(F)ccc1C)c1c(Br)cnn1C(C)C. The molecule has 1 atom stereocenters. The van der Waals surface area contributed by atoms with Gasteiger partial charge < -0.3 is 5.32 Å². The summed E-state index contributed by atoms with van der Waals surface area (Å²) in [6.45, 7) is 9.01. The van der Waals surface area contributed by atoms with Crippen molar-refractivity contribution in [2.24, 2.45) is 0 Å². The maximum Gasteiger partial charge on any atom is 0.123 e. The summed E-state index contributed by atoms with van der Waals surface area (Å²) < 4.78 is 16.6. The highest BCUT2D eigenvalue weighted by Gasteiger charge is 2.24. The van der Waals surface area contributed by atoms with Crippen LogP contribution in [0.4, 0.5) is 4.39 Å². The average molecular weight is 354 g/mol. The van der Waals surface area contributed by atoms with E-state index in [1.165, 1.54) is 6.07 Å². The third-order valence-corrected chi connectivity index (χ3v) is 4.12. The smallest absolute Gasteiger partial charge is 0.123 e. The highest BCUT2D eigenvalue weighted by Crippen LogP contribution is 2.32. The van der Waals surface area contributed by atoms with Gasteiger partial charge in [0, 0.05) is 6.04 Å². The lowest BCUT2D eigenvalue weighted by molar-refractivity contribution is 0.473. The van der Waals surface area contributed by atoms with Crippen LogP contribution in [-0.2, 0) is 0 Å². The van der Waals surface area contributed by atoms with Gasteiger partial charge in [0.15, 0.2) is 0 Å². The molecular formula is C16H21BrFN3. The predicted molar refractivity (Wildman–Crippen MR) is 87.0 cm³/mol. The fraction of sp³-hybridized carbons (Fsp3) is 0.438. The van der Waals surface area contributed by atoms with Crippen LogP contribution in [0.15, 0.2) is 28.9 Å². The first kappa shape index (κ1) is 16.2. The van der Waals surface area contributed by atoms with Gasteiger partial charge in [-0.2, -0.15) is 5.10 Å². The van der Waals surface area contributed by atoms with Crippen molar-refractivity contribution >= 4 is 15.9 Å². The Labute approximate surface area is 133 Å². The van der Waals surface area contributed by atoms with E-state index in [1.54, 1.807) is 12.3 Å². The maximum absolute atomic E-state index is 13.7. The molecule has 3 nitrogen and oxygen atoms in total. The Morgan fingerprint density at radius 1 is 1.38 bits per heavy atom. The first-order chi connectivity index (χ1) is 9.95. The van der Waals surface area contributed by atoms with Crippen molar-refractivity contribution in [2.75, 3.05) is 6.54 Å². The average Bonchev–Trinajstić information content (AvgIpc) is 2.81. The summed E-state index contributed by atoms with van der Waals surface area (Å²) in [5.41, 5.74) is 3.03. The Hall–Kier alpha value is -1.20. The van der Waals surface area contributed by atoms with Crippen LogP contribution in [0, 0.1) is 12.7 Å². The van der Waals surface area contributed by atoms with Gasteiger partial charge >= 0.3 is 0 Å². The molecule has 1 N–H and O–H groups in total. The minimum atomic E-state index is -0.217. The zero-order valence-electron chi connectivity index (χ0n) is 12.8. The molecule has 0 aliphatic rings. The van der Waals surface area contributed by atoms with Gasteiger partial charge in [-0.05, 0) is 66.5 Å². The van der Waals surface area contributed by atoms with E-state index in [0.717, 1.165) is 27.8 Å². The van der Waals surface area contributed by atoms with Crippen molar-refractivity contribution in [3.8, 4) is 0 Å². The molecule has 21 heavy (non-hydrogen) atoms. The quantitative estimate of drug-likeness (QED) is 0.864. The highest BCUT2D eigenvalue weighted by molar-refractivity contribution is 9.10. The molecule has 2 aromatic rings. The minimum Gasteiger partial charge on any atom is -0.305 e. The zero-order valence-corrected chi connectivity index (χ0v) is 14.4. The van der Waals surface area contributed by atoms with Gasteiger partial charge in [0.25, 0.3) is 0 Å². The molecule has 0 radical (unpaired) electrons. The Balaban J connectivity index is 2.59. The number of nitrogens with zero attached hydrogens (tertiary/aromatic N) is 2. The second kappa shape index (κ2) is 6.71. The molecule has 0 amide bonds. The fourth-order valence-electron chi connectivity index (χ4n) is 2.51. The predicted octanol–water partition coefficient (Wildman–Crippen LogP) is 4.37. The highest BCUT2D eigenvalue weighted by atomic mass is 79.9. The summed E-state index contributed by atoms with van der Waals surface area (Å²) in [7, 11) is 0. The number of hydrogen-bond donors (Lipinski definition) is 1. The van der Waals surface area contributed by atoms with E-state index in [-0.39, 0.29) is 17.9 Å². The van der Waals surface area contributed by atoms with Crippen molar-refractivity contribution in [1.29, 1.82) is 0 Å². The van der Waals surface area contributed by atoms with Crippen LogP contribution < -0.4 is 5.32 Å². The zero-order chi connectivity index (χ0) is 15.6. The fourth-order valence-corrected chi connectivity index (χ4v) is 3.01. The van der Waals surface area contributed by atoms with E-state index in [9.17, 15) is 4.39 Å². The van der Waals surface area contributed by atoms with Gasteiger partial charge in [0.05, 0.1) is 22.4 Å². The van der Waals surface area contributed by atoms with Gasteiger partial charge in [0.1, 0.15) is 5.82 Å². The number of rotatable bonds is 5. The van der Waals surface area contributed by atoms with Gasteiger partial charge in [-0.1, -0.05) is 13.0 Å². The summed E-state index contributed by atoms with van der Waals surface area (Å²) in [6.07, 6.45) is 1.80. The third-order valence-electron chi connectivity index (χ3n) is 3.51. The first-order valence-corrected chi connectivity index (χ1v) is 7.97. The number of halogens is 2. The lowest BCUT2D eigenvalue weighted by atomic mass is 9.98. The maximum atomic E-state index is 13.7. The summed E-state index contributed by atoms with van der Waals surface area (Å²) in [5, 5.41) is 7.88. The van der Waals surface area contributed by atoms with Gasteiger partial charge in [0.2, 0.25) is 0 Å². The number of benzene rings is 1. The molecule has 0 saturated carbocycles. The molecule has 1 aromatic heterocycles. The first-order valence-electron chi connectivity index (χ1n) is 7.18. The van der Waals surface area contributed by atoms with Crippen LogP contribution >= 0.6 is 15.9 Å². The summed E-state index contributed by atoms with van der Waals surface area (Å²) in [4.78, 5) is 0. The standard InChI is InChI=1S/C16H21BrFN3/c1-5-19-15(13-8-12(18)7-6-11(13)4)16-14(17)9-20-21(16)10(2)3/h6-10,15,19H,5H2,1-4H3.